The zero-order chi connectivity index (χ0) is 14.0. The number of H-pyrrole nitrogens is 1. The van der Waals surface area contributed by atoms with Gasteiger partial charge < -0.3 is 10.4 Å². The van der Waals surface area contributed by atoms with Crippen LogP contribution < -0.4 is 10.9 Å². The van der Waals surface area contributed by atoms with Gasteiger partial charge in [0.25, 0.3) is 11.5 Å². The average molecular weight is 323 g/mol. The van der Waals surface area contributed by atoms with Crippen LogP contribution in [-0.4, -0.2) is 16.0 Å². The number of aromatic nitrogens is 1. The Morgan fingerprint density at radius 1 is 1.37 bits per heavy atom. The molecule has 3 N–H and O–H groups in total. The van der Waals surface area contributed by atoms with E-state index in [1.165, 1.54) is 6.07 Å². The van der Waals surface area contributed by atoms with Crippen LogP contribution in [0.2, 0.25) is 0 Å². The zero-order valence-corrected chi connectivity index (χ0v) is 11.6. The van der Waals surface area contributed by atoms with Crippen molar-refractivity contribution in [2.45, 2.75) is 6.92 Å². The molecule has 1 aromatic heterocycles. The quantitative estimate of drug-likeness (QED) is 0.794. The summed E-state index contributed by atoms with van der Waals surface area (Å²) in [6, 6.07) is 7.74. The van der Waals surface area contributed by atoms with E-state index in [9.17, 15) is 14.7 Å². The maximum Gasteiger partial charge on any atom is 0.256 e. The maximum absolute atomic E-state index is 12.0. The second kappa shape index (κ2) is 5.27. The third-order valence-electron chi connectivity index (χ3n) is 2.61. The maximum atomic E-state index is 12.0. The molecular weight excluding hydrogens is 312 g/mol. The van der Waals surface area contributed by atoms with Crippen molar-refractivity contribution in [3.05, 3.63) is 56.3 Å². The molecule has 0 fully saturated rings. The van der Waals surface area contributed by atoms with Gasteiger partial charge in [-0.15, -0.1) is 0 Å². The van der Waals surface area contributed by atoms with Gasteiger partial charge in [0, 0.05) is 22.3 Å². The molecule has 0 saturated carbocycles. The minimum atomic E-state index is -0.531. The third kappa shape index (κ3) is 3.03. The fourth-order valence-electron chi connectivity index (χ4n) is 1.60. The van der Waals surface area contributed by atoms with Crippen LogP contribution in [0.5, 0.6) is 5.88 Å². The Balaban J connectivity index is 2.31. The van der Waals surface area contributed by atoms with Gasteiger partial charge in [0.2, 0.25) is 0 Å². The van der Waals surface area contributed by atoms with Crippen molar-refractivity contribution in [2.24, 2.45) is 0 Å². The lowest BCUT2D eigenvalue weighted by atomic mass is 10.2. The Morgan fingerprint density at radius 3 is 2.79 bits per heavy atom. The van der Waals surface area contributed by atoms with E-state index in [2.05, 4.69) is 26.2 Å². The fourth-order valence-corrected chi connectivity index (χ4v) is 1.96. The molecular formula is C13H11BrN2O3. The summed E-state index contributed by atoms with van der Waals surface area (Å²) in [6.07, 6.45) is 0. The number of pyridine rings is 1. The predicted octanol–water partition coefficient (Wildman–Crippen LogP) is 2.40. The minimum Gasteiger partial charge on any atom is -0.494 e. The van der Waals surface area contributed by atoms with Crippen LogP contribution >= 0.6 is 15.9 Å². The number of carbonyl (C=O) groups is 1. The van der Waals surface area contributed by atoms with Crippen LogP contribution in [0.3, 0.4) is 0 Å². The number of halogens is 1. The lowest BCUT2D eigenvalue weighted by molar-refractivity contribution is 0.102. The van der Waals surface area contributed by atoms with Gasteiger partial charge in [0.05, 0.1) is 5.56 Å². The van der Waals surface area contributed by atoms with Crippen molar-refractivity contribution in [2.75, 3.05) is 5.32 Å². The third-order valence-corrected chi connectivity index (χ3v) is 3.47. The summed E-state index contributed by atoms with van der Waals surface area (Å²) in [6.45, 7) is 1.86. The van der Waals surface area contributed by atoms with Gasteiger partial charge in [-0.25, -0.2) is 0 Å². The van der Waals surface area contributed by atoms with Gasteiger partial charge in [0.15, 0.2) is 5.88 Å². The molecule has 0 aliphatic heterocycles. The van der Waals surface area contributed by atoms with E-state index in [1.807, 2.05) is 13.0 Å². The second-order valence-corrected chi connectivity index (χ2v) is 4.84. The summed E-state index contributed by atoms with van der Waals surface area (Å²) in [7, 11) is 0. The Morgan fingerprint density at radius 2 is 2.11 bits per heavy atom. The average Bonchev–Trinajstić information content (AvgIpc) is 2.33. The van der Waals surface area contributed by atoms with Crippen molar-refractivity contribution in [1.82, 2.24) is 4.98 Å². The summed E-state index contributed by atoms with van der Waals surface area (Å²) in [5, 5.41) is 12.0. The number of hydrogen-bond acceptors (Lipinski definition) is 3. The molecule has 2 aromatic rings. The summed E-state index contributed by atoms with van der Waals surface area (Å²) in [5.74, 6) is -0.800. The number of rotatable bonds is 2. The molecule has 0 aliphatic rings. The standard InChI is InChI=1S/C13H11BrN2O3/c1-7-9(14)3-2-4-10(7)15-13(19)8-5-11(17)16-12(18)6-8/h2-6H,1H3,(H,15,19)(H2,16,17,18). The zero-order valence-electron chi connectivity index (χ0n) is 10.0. The van der Waals surface area contributed by atoms with Crippen LogP contribution in [-0.2, 0) is 0 Å². The lowest BCUT2D eigenvalue weighted by Crippen LogP contribution is -2.16. The SMILES string of the molecule is Cc1c(Br)cccc1NC(=O)c1cc(O)[nH]c(=O)c1. The highest BCUT2D eigenvalue weighted by molar-refractivity contribution is 9.10. The van der Waals surface area contributed by atoms with Gasteiger partial charge in [-0.2, -0.15) is 0 Å². The highest BCUT2D eigenvalue weighted by Crippen LogP contribution is 2.23. The van der Waals surface area contributed by atoms with Gasteiger partial charge >= 0.3 is 0 Å². The molecule has 0 aliphatic carbocycles. The van der Waals surface area contributed by atoms with Crippen molar-refractivity contribution in [3.8, 4) is 5.88 Å². The molecule has 5 nitrogen and oxygen atoms in total. The Bertz CT molecular complexity index is 695. The summed E-state index contributed by atoms with van der Waals surface area (Å²) < 4.78 is 0.874. The number of benzene rings is 1. The molecule has 1 heterocycles. The van der Waals surface area contributed by atoms with Gasteiger partial charge in [-0.1, -0.05) is 22.0 Å². The first-order valence-electron chi connectivity index (χ1n) is 5.47. The molecule has 6 heteroatoms. The number of amides is 1. The van der Waals surface area contributed by atoms with Crippen LogP contribution in [0.4, 0.5) is 5.69 Å². The molecule has 0 unspecified atom stereocenters. The molecule has 1 amide bonds. The van der Waals surface area contributed by atoms with E-state index >= 15 is 0 Å². The van der Waals surface area contributed by atoms with Crippen LogP contribution in [0.15, 0.2) is 39.6 Å². The topological polar surface area (TPSA) is 82.2 Å². The molecule has 0 atom stereocenters. The Labute approximate surface area is 117 Å². The summed E-state index contributed by atoms with van der Waals surface area (Å²) >= 11 is 3.37. The molecule has 0 saturated heterocycles. The molecule has 2 rings (SSSR count). The summed E-state index contributed by atoms with van der Waals surface area (Å²) in [5.41, 5.74) is 1.08. The van der Waals surface area contributed by atoms with E-state index in [4.69, 9.17) is 0 Å². The molecule has 98 valence electrons. The molecule has 19 heavy (non-hydrogen) atoms. The Hall–Kier alpha value is -2.08. The molecule has 1 aromatic carbocycles. The first-order chi connectivity index (χ1) is 8.97. The molecule has 0 radical (unpaired) electrons. The smallest absolute Gasteiger partial charge is 0.256 e. The predicted molar refractivity (Wildman–Crippen MR) is 75.6 cm³/mol. The van der Waals surface area contributed by atoms with Crippen LogP contribution in [0.25, 0.3) is 0 Å². The number of aromatic amines is 1. The minimum absolute atomic E-state index is 0.0978. The number of nitrogens with one attached hydrogen (secondary N) is 2. The van der Waals surface area contributed by atoms with Crippen molar-refractivity contribution >= 4 is 27.5 Å². The van der Waals surface area contributed by atoms with E-state index in [1.54, 1.807) is 12.1 Å². The highest BCUT2D eigenvalue weighted by atomic mass is 79.9. The van der Waals surface area contributed by atoms with E-state index in [-0.39, 0.29) is 11.4 Å². The molecule has 0 spiro atoms. The number of aromatic hydroxyl groups is 1. The van der Waals surface area contributed by atoms with E-state index < -0.39 is 11.5 Å². The number of carbonyl (C=O) groups excluding carboxylic acids is 1. The van der Waals surface area contributed by atoms with Crippen molar-refractivity contribution in [3.63, 3.8) is 0 Å². The van der Waals surface area contributed by atoms with Crippen LogP contribution in [0, 0.1) is 6.92 Å². The fraction of sp³-hybridized carbons (Fsp3) is 0.0769. The second-order valence-electron chi connectivity index (χ2n) is 3.99. The molecule has 0 bridgehead atoms. The first kappa shape index (κ1) is 13.4. The monoisotopic (exact) mass is 322 g/mol. The van der Waals surface area contributed by atoms with Crippen LogP contribution in [0.1, 0.15) is 15.9 Å². The lowest BCUT2D eigenvalue weighted by Gasteiger charge is -2.09. The normalized spacial score (nSPS) is 10.2. The van der Waals surface area contributed by atoms with E-state index in [0.29, 0.717) is 5.69 Å². The number of hydrogen-bond donors (Lipinski definition) is 3. The highest BCUT2D eigenvalue weighted by Gasteiger charge is 2.10. The number of anilines is 1. The van der Waals surface area contributed by atoms with Gasteiger partial charge in [-0.3, -0.25) is 14.6 Å². The first-order valence-corrected chi connectivity index (χ1v) is 6.26. The van der Waals surface area contributed by atoms with Crippen molar-refractivity contribution < 1.29 is 9.90 Å². The van der Waals surface area contributed by atoms with Crippen molar-refractivity contribution in [1.29, 1.82) is 0 Å². The Kier molecular flexibility index (Phi) is 3.71. The van der Waals surface area contributed by atoms with E-state index in [0.717, 1.165) is 16.1 Å². The summed E-state index contributed by atoms with van der Waals surface area (Å²) in [4.78, 5) is 25.3. The largest absolute Gasteiger partial charge is 0.494 e. The van der Waals surface area contributed by atoms with Gasteiger partial charge in [0.1, 0.15) is 0 Å². The van der Waals surface area contributed by atoms with Gasteiger partial charge in [-0.05, 0) is 24.6 Å².